The third-order valence-electron chi connectivity index (χ3n) is 5.76. The molecule has 0 aromatic heterocycles. The number of esters is 1. The van der Waals surface area contributed by atoms with Crippen LogP contribution in [0.4, 0.5) is 17.6 Å². The molecule has 0 amide bonds. The van der Waals surface area contributed by atoms with Crippen LogP contribution in [0.3, 0.4) is 0 Å². The number of nitrogens with zero attached hydrogens (tertiary/aromatic N) is 3. The monoisotopic (exact) mass is 496 g/mol. The fourth-order valence-electron chi connectivity index (χ4n) is 4.27. The molecule has 8 N–H and O–H groups in total. The van der Waals surface area contributed by atoms with Gasteiger partial charge >= 0.3 is 12.1 Å². The number of ether oxygens (including phenoxy) is 1. The Kier molecular flexibility index (Phi) is 5.16. The maximum Gasteiger partial charge on any atom is 0.416 e. The molecular weight excluding hydrogens is 480 g/mol. The maximum atomic E-state index is 14.4. The topological polar surface area (TPSA) is 179 Å². The summed E-state index contributed by atoms with van der Waals surface area (Å²) >= 11 is 5.50. The Balaban J connectivity index is 1.70. The van der Waals surface area contributed by atoms with Gasteiger partial charge in [-0.2, -0.15) is 13.2 Å². The smallest absolute Gasteiger partial charge is 0.416 e. The van der Waals surface area contributed by atoms with E-state index in [0.29, 0.717) is 6.07 Å². The summed E-state index contributed by atoms with van der Waals surface area (Å²) in [6, 6.07) is -1.77. The summed E-state index contributed by atoms with van der Waals surface area (Å²) in [5.74, 6) is -6.71. The number of aliphatic hydroxyl groups excluding tert-OH is 1. The molecule has 4 atom stereocenters. The third kappa shape index (κ3) is 3.25. The number of carbonyl (C=O) groups is 1. The highest BCUT2D eigenvalue weighted by Gasteiger charge is 2.74. The summed E-state index contributed by atoms with van der Waals surface area (Å²) in [7, 11) is 0. The zero-order chi connectivity index (χ0) is 24.5. The molecular formula is C17H17ClF4N6O5. The van der Waals surface area contributed by atoms with Gasteiger partial charge in [0.05, 0.1) is 29.3 Å². The van der Waals surface area contributed by atoms with Crippen molar-refractivity contribution in [1.29, 1.82) is 0 Å². The summed E-state index contributed by atoms with van der Waals surface area (Å²) in [6.07, 6.45) is -6.84. The molecule has 0 saturated carbocycles. The largest absolute Gasteiger partial charge is 0.451 e. The number of guanidine groups is 2. The third-order valence-corrected chi connectivity index (χ3v) is 6.03. The Labute approximate surface area is 187 Å². The molecule has 3 heterocycles. The number of nitrogens with two attached hydrogens (primary N) is 2. The summed E-state index contributed by atoms with van der Waals surface area (Å²) in [4.78, 5) is 21.7. The fraction of sp³-hybridized carbons (Fsp3) is 0.471. The molecule has 3 aliphatic rings. The Morgan fingerprint density at radius 3 is 2.61 bits per heavy atom. The summed E-state index contributed by atoms with van der Waals surface area (Å²) in [5.41, 5.74) is 6.96. The standard InChI is InChI=1S/C17H17ClF4N6O5/c18-7-2-5(17(20,21)22)1-6(10(7)19)12(30)33-9-3-28-14(24)25-8(4-29)11-15(28,16(9,31)32)27-13(23)26-11/h1-2,8-9,11,29,31-32H,3-4H2,(H2,24,25)(H3,23,26,27)/t8-,9-,11-,15-/m0/s1. The van der Waals surface area contributed by atoms with Gasteiger partial charge in [-0.3, -0.25) is 0 Å². The molecule has 1 aromatic rings. The van der Waals surface area contributed by atoms with Gasteiger partial charge in [0, 0.05) is 0 Å². The molecule has 1 spiro atoms. The van der Waals surface area contributed by atoms with E-state index in [0.717, 1.165) is 4.90 Å². The number of aliphatic imine (C=N–C) groups is 2. The van der Waals surface area contributed by atoms with E-state index in [4.69, 9.17) is 27.8 Å². The maximum absolute atomic E-state index is 14.4. The highest BCUT2D eigenvalue weighted by molar-refractivity contribution is 6.31. The number of alkyl halides is 3. The van der Waals surface area contributed by atoms with Crippen molar-refractivity contribution in [1.82, 2.24) is 10.2 Å². The molecule has 11 nitrogen and oxygen atoms in total. The molecule has 1 aromatic carbocycles. The van der Waals surface area contributed by atoms with Crippen LogP contribution in [0.15, 0.2) is 22.1 Å². The number of rotatable bonds is 3. The quantitative estimate of drug-likeness (QED) is 0.168. The van der Waals surface area contributed by atoms with Crippen molar-refractivity contribution in [3.8, 4) is 0 Å². The second kappa shape index (κ2) is 7.31. The molecule has 0 aliphatic carbocycles. The average Bonchev–Trinajstić information content (AvgIpc) is 3.17. The number of hydrogen-bond donors (Lipinski definition) is 6. The van der Waals surface area contributed by atoms with Crippen LogP contribution in [-0.4, -0.2) is 80.9 Å². The number of benzene rings is 1. The van der Waals surface area contributed by atoms with Gasteiger partial charge in [-0.05, 0) is 12.1 Å². The number of hydrogen-bond acceptors (Lipinski definition) is 11. The Morgan fingerprint density at radius 2 is 2.00 bits per heavy atom. The van der Waals surface area contributed by atoms with E-state index in [2.05, 4.69) is 15.3 Å². The van der Waals surface area contributed by atoms with Crippen molar-refractivity contribution in [2.24, 2.45) is 21.5 Å². The second-order valence-corrected chi connectivity index (χ2v) is 8.04. The molecule has 0 bridgehead atoms. The summed E-state index contributed by atoms with van der Waals surface area (Å²) in [5, 5.41) is 33.2. The molecule has 16 heteroatoms. The predicted octanol–water partition coefficient (Wildman–Crippen LogP) is -1.31. The van der Waals surface area contributed by atoms with Gasteiger partial charge in [0.25, 0.3) is 0 Å². The highest BCUT2D eigenvalue weighted by Crippen LogP contribution is 2.46. The highest BCUT2D eigenvalue weighted by atomic mass is 35.5. The van der Waals surface area contributed by atoms with Crippen molar-refractivity contribution in [3.05, 3.63) is 34.1 Å². The zero-order valence-electron chi connectivity index (χ0n) is 16.3. The Hall–Kier alpha value is -2.88. The lowest BCUT2D eigenvalue weighted by Crippen LogP contribution is -2.77. The minimum Gasteiger partial charge on any atom is -0.451 e. The predicted molar refractivity (Wildman–Crippen MR) is 103 cm³/mol. The van der Waals surface area contributed by atoms with Crippen LogP contribution in [0.2, 0.25) is 5.02 Å². The van der Waals surface area contributed by atoms with Crippen LogP contribution in [0.1, 0.15) is 15.9 Å². The first kappa shape index (κ1) is 23.3. The van der Waals surface area contributed by atoms with E-state index in [9.17, 15) is 37.7 Å². The van der Waals surface area contributed by atoms with Crippen LogP contribution in [0.5, 0.6) is 0 Å². The van der Waals surface area contributed by atoms with Gasteiger partial charge < -0.3 is 41.7 Å². The van der Waals surface area contributed by atoms with Crippen molar-refractivity contribution in [3.63, 3.8) is 0 Å². The van der Waals surface area contributed by atoms with Gasteiger partial charge in [-0.1, -0.05) is 11.6 Å². The van der Waals surface area contributed by atoms with Crippen LogP contribution >= 0.6 is 11.6 Å². The van der Waals surface area contributed by atoms with E-state index >= 15 is 0 Å². The van der Waals surface area contributed by atoms with Gasteiger partial charge in [-0.15, -0.1) is 0 Å². The van der Waals surface area contributed by atoms with Crippen LogP contribution < -0.4 is 16.8 Å². The number of nitrogens with one attached hydrogen (secondary N) is 1. The van der Waals surface area contributed by atoms with Gasteiger partial charge in [0.2, 0.25) is 5.79 Å². The molecule has 4 rings (SSSR count). The van der Waals surface area contributed by atoms with E-state index in [1.165, 1.54) is 0 Å². The second-order valence-electron chi connectivity index (χ2n) is 7.64. The zero-order valence-corrected chi connectivity index (χ0v) is 17.1. The minimum absolute atomic E-state index is 0.190. The normalized spacial score (nSPS) is 30.2. The number of halogens is 5. The molecule has 1 fully saturated rings. The van der Waals surface area contributed by atoms with Gasteiger partial charge in [0.1, 0.15) is 12.1 Å². The average molecular weight is 497 g/mol. The van der Waals surface area contributed by atoms with Crippen LogP contribution in [0.25, 0.3) is 0 Å². The van der Waals surface area contributed by atoms with E-state index < -0.39 is 76.9 Å². The lowest BCUT2D eigenvalue weighted by molar-refractivity contribution is -0.257. The van der Waals surface area contributed by atoms with Gasteiger partial charge in [-0.25, -0.2) is 19.2 Å². The lowest BCUT2D eigenvalue weighted by atomic mass is 9.86. The first-order valence-electron chi connectivity index (χ1n) is 9.29. The van der Waals surface area contributed by atoms with Crippen molar-refractivity contribution >= 4 is 29.5 Å². The molecule has 33 heavy (non-hydrogen) atoms. The molecule has 1 saturated heterocycles. The van der Waals surface area contributed by atoms with Crippen molar-refractivity contribution in [2.45, 2.75) is 35.8 Å². The Morgan fingerprint density at radius 1 is 1.33 bits per heavy atom. The van der Waals surface area contributed by atoms with E-state index in [1.54, 1.807) is 0 Å². The number of aliphatic hydroxyl groups is 3. The van der Waals surface area contributed by atoms with Gasteiger partial charge in [0.15, 0.2) is 29.5 Å². The summed E-state index contributed by atoms with van der Waals surface area (Å²) in [6.45, 7) is -1.14. The van der Waals surface area contributed by atoms with Crippen LogP contribution in [-0.2, 0) is 10.9 Å². The lowest BCUT2D eigenvalue weighted by Gasteiger charge is -2.48. The molecule has 180 valence electrons. The first-order valence-corrected chi connectivity index (χ1v) is 9.67. The molecule has 0 unspecified atom stereocenters. The summed E-state index contributed by atoms with van der Waals surface area (Å²) < 4.78 is 58.6. The van der Waals surface area contributed by atoms with Crippen LogP contribution in [0, 0.1) is 5.82 Å². The SMILES string of the molecule is NC1=N[C@H]2[C@H](CO)N=C(N)N3C[C@H](OC(=O)c4cc(C(F)(F)F)cc(Cl)c4F)C(O)(O)[C@]23N1. The molecule has 3 aliphatic heterocycles. The van der Waals surface area contributed by atoms with Crippen molar-refractivity contribution in [2.75, 3.05) is 13.2 Å². The van der Waals surface area contributed by atoms with E-state index in [-0.39, 0.29) is 18.0 Å². The van der Waals surface area contributed by atoms with E-state index in [1.807, 2.05) is 0 Å². The first-order chi connectivity index (χ1) is 15.2. The Bertz CT molecular complexity index is 1080. The minimum atomic E-state index is -4.95. The number of carbonyl (C=O) groups excluding carboxylic acids is 1. The molecule has 0 radical (unpaired) electrons. The van der Waals surface area contributed by atoms with Crippen molar-refractivity contribution < 1.29 is 42.4 Å². The fourth-order valence-corrected chi connectivity index (χ4v) is 4.48.